The Morgan fingerprint density at radius 1 is 1.06 bits per heavy atom. The van der Waals surface area contributed by atoms with E-state index in [1.165, 1.54) is 11.9 Å². The highest BCUT2D eigenvalue weighted by Crippen LogP contribution is 2.27. The van der Waals surface area contributed by atoms with E-state index in [2.05, 4.69) is 42.3 Å². The maximum Gasteiger partial charge on any atom is 0.167 e. The van der Waals surface area contributed by atoms with Gasteiger partial charge in [0.1, 0.15) is 18.3 Å². The Morgan fingerprint density at radius 3 is 2.65 bits per heavy atom. The van der Waals surface area contributed by atoms with Crippen LogP contribution in [0.4, 0.5) is 5.82 Å². The second-order valence-electron chi connectivity index (χ2n) is 8.19. The van der Waals surface area contributed by atoms with Crippen LogP contribution >= 0.6 is 0 Å². The quantitative estimate of drug-likeness (QED) is 0.408. The van der Waals surface area contributed by atoms with Crippen molar-refractivity contribution >= 4 is 17.0 Å². The normalized spacial score (nSPS) is 18.8. The number of fused-ring (bicyclic) bond motifs is 1. The molecular weight excluding hydrogens is 434 g/mol. The molecule has 0 saturated carbocycles. The second kappa shape index (κ2) is 10.1. The van der Waals surface area contributed by atoms with Crippen LogP contribution < -0.4 is 10.1 Å². The summed E-state index contributed by atoms with van der Waals surface area (Å²) in [5.74, 6) is 1.49. The number of benzene rings is 1. The van der Waals surface area contributed by atoms with Crippen LogP contribution in [0, 0.1) is 0 Å². The number of morpholine rings is 1. The van der Waals surface area contributed by atoms with E-state index in [9.17, 15) is 5.11 Å². The van der Waals surface area contributed by atoms with E-state index in [0.717, 1.165) is 17.9 Å². The number of ether oxygens (including phenoxy) is 2. The van der Waals surface area contributed by atoms with Crippen molar-refractivity contribution in [2.75, 3.05) is 32.1 Å². The number of nitrogens with one attached hydrogen (secondary N) is 1. The van der Waals surface area contributed by atoms with Gasteiger partial charge in [0.25, 0.3) is 0 Å². The number of hydrogen-bond donors (Lipinski definition) is 2. The van der Waals surface area contributed by atoms with Gasteiger partial charge >= 0.3 is 0 Å². The van der Waals surface area contributed by atoms with Gasteiger partial charge in [-0.1, -0.05) is 12.1 Å². The molecule has 1 aliphatic heterocycles. The van der Waals surface area contributed by atoms with Crippen molar-refractivity contribution in [3.05, 3.63) is 72.6 Å². The van der Waals surface area contributed by atoms with Crippen LogP contribution in [-0.2, 0) is 17.8 Å². The minimum Gasteiger partial charge on any atom is -0.497 e. The fourth-order valence-electron chi connectivity index (χ4n) is 4.14. The summed E-state index contributed by atoms with van der Waals surface area (Å²) in [6.07, 6.45) is 6.13. The molecule has 0 amide bonds. The first kappa shape index (κ1) is 22.2. The van der Waals surface area contributed by atoms with Crippen molar-refractivity contribution in [2.45, 2.75) is 25.4 Å². The Balaban J connectivity index is 1.35. The number of anilines is 1. The zero-order valence-electron chi connectivity index (χ0n) is 18.9. The number of imidazole rings is 1. The number of rotatable bonds is 8. The van der Waals surface area contributed by atoms with Crippen molar-refractivity contribution < 1.29 is 14.6 Å². The Bertz CT molecular complexity index is 1220. The molecule has 2 atom stereocenters. The zero-order valence-corrected chi connectivity index (χ0v) is 18.9. The lowest BCUT2D eigenvalue weighted by Gasteiger charge is -2.37. The highest BCUT2D eigenvalue weighted by atomic mass is 16.5. The largest absolute Gasteiger partial charge is 0.497 e. The Labute approximate surface area is 197 Å². The molecule has 3 aromatic heterocycles. The van der Waals surface area contributed by atoms with Gasteiger partial charge in [-0.3, -0.25) is 14.5 Å². The smallest absolute Gasteiger partial charge is 0.167 e. The Kier molecular flexibility index (Phi) is 6.61. The molecule has 1 aromatic carbocycles. The van der Waals surface area contributed by atoms with Crippen molar-refractivity contribution in [3.8, 4) is 5.75 Å². The monoisotopic (exact) mass is 461 g/mol. The van der Waals surface area contributed by atoms with Gasteiger partial charge in [-0.15, -0.1) is 0 Å². The average Bonchev–Trinajstić information content (AvgIpc) is 3.33. The summed E-state index contributed by atoms with van der Waals surface area (Å²) in [5.41, 5.74) is 3.61. The third-order valence-electron chi connectivity index (χ3n) is 5.87. The summed E-state index contributed by atoms with van der Waals surface area (Å²) < 4.78 is 13.4. The molecule has 0 bridgehead atoms. The molecular formula is C24H27N7O3. The molecule has 5 rings (SSSR count). The van der Waals surface area contributed by atoms with Gasteiger partial charge in [-0.2, -0.15) is 0 Å². The van der Waals surface area contributed by atoms with Gasteiger partial charge in [0.2, 0.25) is 0 Å². The second-order valence-corrected chi connectivity index (χ2v) is 8.19. The maximum absolute atomic E-state index is 9.86. The summed E-state index contributed by atoms with van der Waals surface area (Å²) in [7, 11) is 1.66. The third kappa shape index (κ3) is 4.84. The number of aromatic nitrogens is 5. The van der Waals surface area contributed by atoms with Crippen molar-refractivity contribution in [2.24, 2.45) is 0 Å². The summed E-state index contributed by atoms with van der Waals surface area (Å²) in [4.78, 5) is 19.7. The Morgan fingerprint density at radius 2 is 1.88 bits per heavy atom. The Hall–Kier alpha value is -3.60. The minimum atomic E-state index is -0.336. The summed E-state index contributed by atoms with van der Waals surface area (Å²) in [6.45, 7) is 2.55. The van der Waals surface area contributed by atoms with Crippen molar-refractivity contribution in [1.82, 2.24) is 29.4 Å². The van der Waals surface area contributed by atoms with E-state index >= 15 is 0 Å². The van der Waals surface area contributed by atoms with E-state index in [1.807, 2.05) is 28.8 Å². The molecule has 0 unspecified atom stereocenters. The van der Waals surface area contributed by atoms with Gasteiger partial charge in [0, 0.05) is 38.6 Å². The molecule has 34 heavy (non-hydrogen) atoms. The predicted molar refractivity (Wildman–Crippen MR) is 126 cm³/mol. The van der Waals surface area contributed by atoms with Gasteiger partial charge in [-0.05, 0) is 35.4 Å². The van der Waals surface area contributed by atoms with E-state index in [4.69, 9.17) is 9.47 Å². The van der Waals surface area contributed by atoms with Gasteiger partial charge in [-0.25, -0.2) is 15.0 Å². The molecule has 0 aliphatic carbocycles. The third-order valence-corrected chi connectivity index (χ3v) is 5.87. The van der Waals surface area contributed by atoms with E-state index in [0.29, 0.717) is 36.6 Å². The number of pyridine rings is 1. The standard InChI is InChI=1S/C24H27N7O3/c1-33-19-4-2-18(3-5-19)11-30-12-20(14-32)34-21(13-30)31-16-29-22-23(27-15-28-24(22)31)26-10-17-6-8-25-9-7-17/h2-9,15-16,20-21,32H,10-14H2,1H3,(H,26,27,28)/t20-,21+/m0/s1. The van der Waals surface area contributed by atoms with Gasteiger partial charge < -0.3 is 19.9 Å². The summed E-state index contributed by atoms with van der Waals surface area (Å²) >= 11 is 0. The molecule has 0 radical (unpaired) electrons. The van der Waals surface area contributed by atoms with Gasteiger partial charge in [0.05, 0.1) is 26.1 Å². The molecule has 4 aromatic rings. The van der Waals surface area contributed by atoms with E-state index in [-0.39, 0.29) is 18.9 Å². The number of aliphatic hydroxyl groups excluding tert-OH is 1. The lowest BCUT2D eigenvalue weighted by Crippen LogP contribution is -2.46. The highest BCUT2D eigenvalue weighted by molar-refractivity contribution is 5.82. The molecule has 4 heterocycles. The molecule has 176 valence electrons. The average molecular weight is 462 g/mol. The van der Waals surface area contributed by atoms with Gasteiger partial charge in [0.15, 0.2) is 17.0 Å². The minimum absolute atomic E-state index is 0.0596. The van der Waals surface area contributed by atoms with Crippen LogP contribution in [0.3, 0.4) is 0 Å². The summed E-state index contributed by atoms with van der Waals surface area (Å²) in [5, 5.41) is 13.2. The van der Waals surface area contributed by atoms with Crippen molar-refractivity contribution in [1.29, 1.82) is 0 Å². The topological polar surface area (TPSA) is 110 Å². The molecule has 10 nitrogen and oxygen atoms in total. The predicted octanol–water partition coefficient (Wildman–Crippen LogP) is 2.23. The number of aliphatic hydroxyl groups is 1. The highest BCUT2D eigenvalue weighted by Gasteiger charge is 2.30. The first-order valence-corrected chi connectivity index (χ1v) is 11.2. The molecule has 10 heteroatoms. The molecule has 2 N–H and O–H groups in total. The fourth-order valence-corrected chi connectivity index (χ4v) is 4.14. The zero-order chi connectivity index (χ0) is 23.3. The summed E-state index contributed by atoms with van der Waals surface area (Å²) in [6, 6.07) is 11.9. The fraction of sp³-hybridized carbons (Fsp3) is 0.333. The van der Waals surface area contributed by atoms with E-state index in [1.54, 1.807) is 25.8 Å². The number of hydrogen-bond acceptors (Lipinski definition) is 9. The molecule has 0 spiro atoms. The van der Waals surface area contributed by atoms with Crippen LogP contribution in [0.15, 0.2) is 61.4 Å². The first-order chi connectivity index (χ1) is 16.7. The van der Waals surface area contributed by atoms with Crippen LogP contribution in [0.5, 0.6) is 5.75 Å². The lowest BCUT2D eigenvalue weighted by atomic mass is 10.1. The van der Waals surface area contributed by atoms with Crippen molar-refractivity contribution in [3.63, 3.8) is 0 Å². The van der Waals surface area contributed by atoms with Crippen LogP contribution in [0.2, 0.25) is 0 Å². The maximum atomic E-state index is 9.86. The molecule has 1 saturated heterocycles. The lowest BCUT2D eigenvalue weighted by molar-refractivity contribution is -0.135. The van der Waals surface area contributed by atoms with Crippen LogP contribution in [-0.4, -0.2) is 67.4 Å². The molecule has 1 fully saturated rings. The van der Waals surface area contributed by atoms with E-state index < -0.39 is 0 Å². The first-order valence-electron chi connectivity index (χ1n) is 11.2. The number of nitrogens with zero attached hydrogens (tertiary/aromatic N) is 6. The SMILES string of the molecule is COc1ccc(CN2C[C@@H](CO)O[C@@H](n3cnc4c(NCc5ccncc5)ncnc43)C2)cc1. The van der Waals surface area contributed by atoms with Crippen LogP contribution in [0.1, 0.15) is 17.4 Å². The van der Waals surface area contributed by atoms with Crippen LogP contribution in [0.25, 0.3) is 11.2 Å². The number of methoxy groups -OCH3 is 1. The molecule has 1 aliphatic rings.